The molecule has 0 N–H and O–H groups in total. The van der Waals surface area contributed by atoms with Gasteiger partial charge < -0.3 is 9.64 Å². The third kappa shape index (κ3) is 4.20. The molecule has 2 aliphatic heterocycles. The van der Waals surface area contributed by atoms with E-state index < -0.39 is 11.7 Å². The van der Waals surface area contributed by atoms with Gasteiger partial charge in [0.15, 0.2) is 0 Å². The molecule has 4 aliphatic rings. The maximum Gasteiger partial charge on any atom is 0.416 e. The number of hydrogen-bond donors (Lipinski definition) is 0. The Labute approximate surface area is 193 Å². The zero-order valence-corrected chi connectivity index (χ0v) is 19.2. The average molecular weight is 461 g/mol. The second kappa shape index (κ2) is 8.19. The molecule has 0 spiro atoms. The van der Waals surface area contributed by atoms with E-state index in [4.69, 9.17) is 4.74 Å². The highest BCUT2D eigenvalue weighted by atomic mass is 19.4. The fourth-order valence-corrected chi connectivity index (χ4v) is 6.18. The van der Waals surface area contributed by atoms with Crippen molar-refractivity contribution in [2.45, 2.75) is 45.4 Å². The number of rotatable bonds is 3. The summed E-state index contributed by atoms with van der Waals surface area (Å²) >= 11 is 0. The fourth-order valence-electron chi connectivity index (χ4n) is 6.18. The van der Waals surface area contributed by atoms with Gasteiger partial charge >= 0.3 is 12.1 Å². The van der Waals surface area contributed by atoms with Gasteiger partial charge in [0.25, 0.3) is 0 Å². The van der Waals surface area contributed by atoms with Crippen molar-refractivity contribution >= 4 is 11.7 Å². The minimum atomic E-state index is -4.34. The second-order valence-corrected chi connectivity index (χ2v) is 10.3. The molecule has 2 aliphatic carbocycles. The monoisotopic (exact) mass is 460 g/mol. The highest BCUT2D eigenvalue weighted by Gasteiger charge is 2.51. The van der Waals surface area contributed by atoms with E-state index in [1.165, 1.54) is 23.3 Å². The van der Waals surface area contributed by atoms with Crippen LogP contribution in [-0.2, 0) is 15.7 Å². The number of piperazine rings is 1. The highest BCUT2D eigenvalue weighted by Crippen LogP contribution is 2.52. The summed E-state index contributed by atoms with van der Waals surface area (Å²) in [5, 5.41) is 0. The molecule has 1 aromatic carbocycles. The molecule has 2 heterocycles. The summed E-state index contributed by atoms with van der Waals surface area (Å²) in [5.74, 6) is -0.184. The molecule has 2 fully saturated rings. The predicted octanol–water partition coefficient (Wildman–Crippen LogP) is 5.06. The minimum absolute atomic E-state index is 0.0476. The minimum Gasteiger partial charge on any atom is -0.461 e. The molecule has 5 rings (SSSR count). The van der Waals surface area contributed by atoms with E-state index in [0.29, 0.717) is 38.4 Å². The lowest BCUT2D eigenvalue weighted by molar-refractivity contribution is -0.145. The van der Waals surface area contributed by atoms with Gasteiger partial charge in [0, 0.05) is 44.3 Å². The second-order valence-electron chi connectivity index (χ2n) is 10.3. The first kappa shape index (κ1) is 22.5. The zero-order chi connectivity index (χ0) is 23.4. The van der Waals surface area contributed by atoms with E-state index >= 15 is 0 Å². The third-order valence-electron chi connectivity index (χ3n) is 8.06. The molecular weight excluding hydrogens is 429 g/mol. The molecular formula is C26H31F3N2O2. The van der Waals surface area contributed by atoms with E-state index in [1.807, 2.05) is 4.90 Å². The number of anilines is 1. The van der Waals surface area contributed by atoms with E-state index in [-0.39, 0.29) is 29.3 Å². The zero-order valence-electron chi connectivity index (χ0n) is 19.2. The van der Waals surface area contributed by atoms with Crippen LogP contribution in [-0.4, -0.2) is 49.7 Å². The number of esters is 1. The number of hydrogen-bond acceptors (Lipinski definition) is 4. The van der Waals surface area contributed by atoms with Crippen molar-refractivity contribution in [1.82, 2.24) is 4.90 Å². The summed E-state index contributed by atoms with van der Waals surface area (Å²) in [4.78, 5) is 17.1. The molecule has 4 atom stereocenters. The van der Waals surface area contributed by atoms with Crippen molar-refractivity contribution in [1.29, 1.82) is 0 Å². The van der Waals surface area contributed by atoms with Crippen molar-refractivity contribution < 1.29 is 22.7 Å². The number of halogens is 3. The smallest absolute Gasteiger partial charge is 0.416 e. The van der Waals surface area contributed by atoms with Crippen LogP contribution < -0.4 is 4.90 Å². The lowest BCUT2D eigenvalue weighted by Gasteiger charge is -2.43. The van der Waals surface area contributed by atoms with Gasteiger partial charge in [0.05, 0.1) is 11.5 Å². The van der Waals surface area contributed by atoms with Gasteiger partial charge in [-0.05, 0) is 55.4 Å². The number of carbonyl (C=O) groups is 1. The van der Waals surface area contributed by atoms with Crippen LogP contribution in [0, 0.1) is 17.3 Å². The summed E-state index contributed by atoms with van der Waals surface area (Å²) in [7, 11) is 0. The first-order valence-corrected chi connectivity index (χ1v) is 11.9. The van der Waals surface area contributed by atoms with Crippen molar-refractivity contribution in [2.75, 3.05) is 37.6 Å². The molecule has 0 amide bonds. The molecule has 2 saturated heterocycles. The summed E-state index contributed by atoms with van der Waals surface area (Å²) < 4.78 is 45.1. The standard InChI is InChI=1S/C26H31F3N2O2/c1-17-5-4-8-25(2)15-23-20(14-22(17)25)21(24(32)33-23)16-30-9-11-31(12-10-30)19-7-3-6-18(13-19)26(27,28)29/h3,5-7,13-14,20-21,23H,4,8-12,15-16H2,1-2H3/t20-,21?,23-,25-/m1/s1. The predicted molar refractivity (Wildman–Crippen MR) is 121 cm³/mol. The molecule has 1 unspecified atom stereocenters. The SMILES string of the molecule is CC1=CCC[C@]2(C)C[C@H]3OC(=O)C(CN4CCN(c5cccc(C(F)(F)F)c5)CC4)[C@H]3C=C12. The molecule has 0 radical (unpaired) electrons. The van der Waals surface area contributed by atoms with Crippen LogP contribution in [0.5, 0.6) is 0 Å². The highest BCUT2D eigenvalue weighted by molar-refractivity contribution is 5.76. The summed E-state index contributed by atoms with van der Waals surface area (Å²) in [6.45, 7) is 7.80. The summed E-state index contributed by atoms with van der Waals surface area (Å²) in [6.07, 6.45) is 3.28. The Morgan fingerprint density at radius 2 is 1.94 bits per heavy atom. The molecule has 4 nitrogen and oxygen atoms in total. The normalized spacial score (nSPS) is 32.6. The van der Waals surface area contributed by atoms with Crippen LogP contribution in [0.4, 0.5) is 18.9 Å². The van der Waals surface area contributed by atoms with Gasteiger partial charge in [-0.25, -0.2) is 0 Å². The lowest BCUT2D eigenvalue weighted by atomic mass is 9.62. The van der Waals surface area contributed by atoms with E-state index in [2.05, 4.69) is 30.9 Å². The maximum absolute atomic E-state index is 13.1. The Morgan fingerprint density at radius 1 is 1.18 bits per heavy atom. The molecule has 0 saturated carbocycles. The number of benzene rings is 1. The van der Waals surface area contributed by atoms with Crippen LogP contribution >= 0.6 is 0 Å². The Hall–Kier alpha value is -2.28. The number of nitrogens with zero attached hydrogens (tertiary/aromatic N) is 2. The van der Waals surface area contributed by atoms with Crippen LogP contribution in [0.15, 0.2) is 47.6 Å². The average Bonchev–Trinajstić information content (AvgIpc) is 3.06. The molecule has 0 aromatic heterocycles. The lowest BCUT2D eigenvalue weighted by Crippen LogP contribution is -2.49. The van der Waals surface area contributed by atoms with Gasteiger partial charge in [0.1, 0.15) is 6.10 Å². The fraction of sp³-hybridized carbons (Fsp3) is 0.577. The van der Waals surface area contributed by atoms with Gasteiger partial charge in [-0.15, -0.1) is 0 Å². The van der Waals surface area contributed by atoms with Crippen LogP contribution in [0.3, 0.4) is 0 Å². The van der Waals surface area contributed by atoms with Crippen LogP contribution in [0.1, 0.15) is 38.7 Å². The number of carbonyl (C=O) groups excluding carboxylic acids is 1. The Kier molecular flexibility index (Phi) is 5.58. The van der Waals surface area contributed by atoms with Crippen LogP contribution in [0.25, 0.3) is 0 Å². The quantitative estimate of drug-likeness (QED) is 0.591. The van der Waals surface area contributed by atoms with Crippen LogP contribution in [0.2, 0.25) is 0 Å². The molecule has 33 heavy (non-hydrogen) atoms. The Balaban J connectivity index is 1.25. The van der Waals surface area contributed by atoms with Crippen molar-refractivity contribution in [3.8, 4) is 0 Å². The van der Waals surface area contributed by atoms with Gasteiger partial charge in [0.2, 0.25) is 0 Å². The largest absolute Gasteiger partial charge is 0.461 e. The van der Waals surface area contributed by atoms with E-state index in [0.717, 1.165) is 25.3 Å². The van der Waals surface area contributed by atoms with Gasteiger partial charge in [-0.1, -0.05) is 30.7 Å². The van der Waals surface area contributed by atoms with E-state index in [9.17, 15) is 18.0 Å². The number of alkyl halides is 3. The Bertz CT molecular complexity index is 993. The van der Waals surface area contributed by atoms with Crippen molar-refractivity contribution in [2.24, 2.45) is 17.3 Å². The number of ether oxygens (including phenoxy) is 1. The summed E-state index contributed by atoms with van der Waals surface area (Å²) in [6, 6.07) is 5.52. The number of allylic oxidation sites excluding steroid dienone is 3. The first-order chi connectivity index (χ1) is 15.6. The molecule has 0 bridgehead atoms. The Morgan fingerprint density at radius 3 is 2.67 bits per heavy atom. The topological polar surface area (TPSA) is 32.8 Å². The van der Waals surface area contributed by atoms with E-state index in [1.54, 1.807) is 6.07 Å². The van der Waals surface area contributed by atoms with Gasteiger partial charge in [-0.2, -0.15) is 13.2 Å². The third-order valence-corrected chi connectivity index (χ3v) is 8.06. The first-order valence-electron chi connectivity index (χ1n) is 11.9. The summed E-state index contributed by atoms with van der Waals surface area (Å²) in [5.41, 5.74) is 2.78. The van der Waals surface area contributed by atoms with Gasteiger partial charge in [-0.3, -0.25) is 9.69 Å². The maximum atomic E-state index is 13.1. The van der Waals surface area contributed by atoms with Crippen molar-refractivity contribution in [3.63, 3.8) is 0 Å². The molecule has 178 valence electrons. The number of fused-ring (bicyclic) bond motifs is 2. The molecule has 7 heteroatoms. The molecule has 1 aromatic rings. The van der Waals surface area contributed by atoms with Crippen molar-refractivity contribution in [3.05, 3.63) is 53.1 Å².